The summed E-state index contributed by atoms with van der Waals surface area (Å²) in [5, 5.41) is 19.7. The molecule has 2 atom stereocenters. The van der Waals surface area contributed by atoms with Gasteiger partial charge in [-0.3, -0.25) is 0 Å². The van der Waals surface area contributed by atoms with Crippen LogP contribution < -0.4 is 18.9 Å². The maximum Gasteiger partial charge on any atom is 0.160 e. The van der Waals surface area contributed by atoms with Crippen molar-refractivity contribution < 1.29 is 29.2 Å². The zero-order valence-corrected chi connectivity index (χ0v) is 17.7. The third-order valence-corrected chi connectivity index (χ3v) is 5.29. The smallest absolute Gasteiger partial charge is 0.160 e. The van der Waals surface area contributed by atoms with Crippen molar-refractivity contribution in [3.63, 3.8) is 0 Å². The number of rotatable bonds is 12. The third kappa shape index (κ3) is 6.02. The second kappa shape index (κ2) is 11.5. The average Bonchev–Trinajstić information content (AvgIpc) is 2.76. The SMILES string of the molecule is COc1ccc(C[C@@H](CO)[C@@H](CCO)Cc2ccc(OC)c(OC)c2)cc1OC. The molecule has 2 aromatic rings. The van der Waals surface area contributed by atoms with E-state index in [-0.39, 0.29) is 25.0 Å². The number of aliphatic hydroxyl groups is 2. The van der Waals surface area contributed by atoms with Crippen molar-refractivity contribution in [2.75, 3.05) is 41.7 Å². The van der Waals surface area contributed by atoms with Crippen LogP contribution in [0.1, 0.15) is 17.5 Å². The molecule has 0 saturated carbocycles. The van der Waals surface area contributed by atoms with Crippen LogP contribution in [0, 0.1) is 11.8 Å². The lowest BCUT2D eigenvalue weighted by Gasteiger charge is -2.26. The van der Waals surface area contributed by atoms with Gasteiger partial charge in [-0.2, -0.15) is 0 Å². The Kier molecular flexibility index (Phi) is 9.09. The van der Waals surface area contributed by atoms with E-state index in [9.17, 15) is 10.2 Å². The van der Waals surface area contributed by atoms with E-state index in [1.807, 2.05) is 36.4 Å². The highest BCUT2D eigenvalue weighted by atomic mass is 16.5. The van der Waals surface area contributed by atoms with Crippen LogP contribution in [-0.2, 0) is 12.8 Å². The molecular weight excluding hydrogens is 372 g/mol. The van der Waals surface area contributed by atoms with E-state index >= 15 is 0 Å². The first-order chi connectivity index (χ1) is 14.1. The molecule has 160 valence electrons. The highest BCUT2D eigenvalue weighted by molar-refractivity contribution is 5.44. The van der Waals surface area contributed by atoms with Crippen LogP contribution in [0.25, 0.3) is 0 Å². The van der Waals surface area contributed by atoms with Gasteiger partial charge >= 0.3 is 0 Å². The summed E-state index contributed by atoms with van der Waals surface area (Å²) in [6.07, 6.45) is 2.00. The molecule has 2 N–H and O–H groups in total. The number of ether oxygens (including phenoxy) is 4. The summed E-state index contributed by atoms with van der Waals surface area (Å²) < 4.78 is 21.4. The van der Waals surface area contributed by atoms with Gasteiger partial charge in [0.05, 0.1) is 28.4 Å². The van der Waals surface area contributed by atoms with E-state index in [0.29, 0.717) is 35.8 Å². The minimum absolute atomic E-state index is 0.00616. The minimum Gasteiger partial charge on any atom is -0.493 e. The fourth-order valence-corrected chi connectivity index (χ4v) is 3.67. The maximum absolute atomic E-state index is 10.1. The number of hydrogen-bond acceptors (Lipinski definition) is 6. The van der Waals surface area contributed by atoms with Crippen molar-refractivity contribution >= 4 is 0 Å². The van der Waals surface area contributed by atoms with E-state index in [0.717, 1.165) is 17.5 Å². The Morgan fingerprint density at radius 3 is 1.48 bits per heavy atom. The molecule has 0 unspecified atom stereocenters. The molecule has 0 aromatic heterocycles. The minimum atomic E-state index is -0.00616. The number of aliphatic hydroxyl groups excluding tert-OH is 2. The zero-order chi connectivity index (χ0) is 21.2. The zero-order valence-electron chi connectivity index (χ0n) is 17.7. The lowest BCUT2D eigenvalue weighted by molar-refractivity contribution is 0.147. The topological polar surface area (TPSA) is 77.4 Å². The molecule has 0 amide bonds. The number of benzene rings is 2. The molecule has 0 spiro atoms. The van der Waals surface area contributed by atoms with Crippen LogP contribution >= 0.6 is 0 Å². The van der Waals surface area contributed by atoms with Gasteiger partial charge in [0.1, 0.15) is 0 Å². The molecule has 0 saturated heterocycles. The standard InChI is InChI=1S/C23H32O6/c1-26-20-7-5-16(13-22(20)28-3)11-18(9-10-24)19(15-25)12-17-6-8-21(27-2)23(14-17)29-4/h5-8,13-14,18-19,24-25H,9-12,15H2,1-4H3/t18-,19-/m0/s1. The van der Waals surface area contributed by atoms with Crippen LogP contribution in [0.15, 0.2) is 36.4 Å². The predicted molar refractivity (Wildman–Crippen MR) is 112 cm³/mol. The normalized spacial score (nSPS) is 12.9. The second-order valence-electron chi connectivity index (χ2n) is 7.00. The Balaban J connectivity index is 2.21. The van der Waals surface area contributed by atoms with E-state index in [2.05, 4.69) is 0 Å². The number of hydrogen-bond donors (Lipinski definition) is 2. The van der Waals surface area contributed by atoms with Gasteiger partial charge in [-0.1, -0.05) is 12.1 Å². The predicted octanol–water partition coefficient (Wildman–Crippen LogP) is 3.11. The van der Waals surface area contributed by atoms with Crippen molar-refractivity contribution in [1.29, 1.82) is 0 Å². The van der Waals surface area contributed by atoms with Gasteiger partial charge in [0.15, 0.2) is 23.0 Å². The van der Waals surface area contributed by atoms with E-state index in [4.69, 9.17) is 18.9 Å². The molecule has 0 fully saturated rings. The first-order valence-corrected chi connectivity index (χ1v) is 9.73. The summed E-state index contributed by atoms with van der Waals surface area (Å²) in [4.78, 5) is 0. The summed E-state index contributed by atoms with van der Waals surface area (Å²) in [6.45, 7) is 0.104. The van der Waals surface area contributed by atoms with Crippen molar-refractivity contribution in [2.45, 2.75) is 19.3 Å². The fraction of sp³-hybridized carbons (Fsp3) is 0.478. The summed E-state index contributed by atoms with van der Waals surface area (Å²) in [5.41, 5.74) is 2.13. The van der Waals surface area contributed by atoms with Gasteiger partial charge in [-0.15, -0.1) is 0 Å². The Morgan fingerprint density at radius 2 is 1.10 bits per heavy atom. The average molecular weight is 405 g/mol. The first kappa shape index (κ1) is 22.8. The van der Waals surface area contributed by atoms with Gasteiger partial charge in [0.25, 0.3) is 0 Å². The Bertz CT molecular complexity index is 761. The molecule has 29 heavy (non-hydrogen) atoms. The molecule has 6 nitrogen and oxygen atoms in total. The van der Waals surface area contributed by atoms with E-state index in [1.54, 1.807) is 28.4 Å². The van der Waals surface area contributed by atoms with Crippen molar-refractivity contribution in [3.05, 3.63) is 47.5 Å². The number of methoxy groups -OCH3 is 4. The highest BCUT2D eigenvalue weighted by Crippen LogP contribution is 2.33. The van der Waals surface area contributed by atoms with Gasteiger partial charge in [0, 0.05) is 13.2 Å². The lowest BCUT2D eigenvalue weighted by atomic mass is 9.81. The molecule has 6 heteroatoms. The highest BCUT2D eigenvalue weighted by Gasteiger charge is 2.23. The molecular formula is C23H32O6. The van der Waals surface area contributed by atoms with Crippen LogP contribution in [0.5, 0.6) is 23.0 Å². The molecule has 0 radical (unpaired) electrons. The molecule has 0 aliphatic rings. The van der Waals surface area contributed by atoms with Crippen molar-refractivity contribution in [2.24, 2.45) is 11.8 Å². The van der Waals surface area contributed by atoms with Crippen LogP contribution in [0.2, 0.25) is 0 Å². The largest absolute Gasteiger partial charge is 0.493 e. The maximum atomic E-state index is 10.1. The molecule has 2 aromatic carbocycles. The Morgan fingerprint density at radius 1 is 0.655 bits per heavy atom. The van der Waals surface area contributed by atoms with Crippen LogP contribution in [0.4, 0.5) is 0 Å². The first-order valence-electron chi connectivity index (χ1n) is 9.73. The Hall–Kier alpha value is -2.44. The van der Waals surface area contributed by atoms with Gasteiger partial charge in [-0.25, -0.2) is 0 Å². The lowest BCUT2D eigenvalue weighted by Crippen LogP contribution is -2.24. The fourth-order valence-electron chi connectivity index (χ4n) is 3.67. The van der Waals surface area contributed by atoms with E-state index < -0.39 is 0 Å². The second-order valence-corrected chi connectivity index (χ2v) is 7.00. The van der Waals surface area contributed by atoms with Gasteiger partial charge < -0.3 is 29.2 Å². The van der Waals surface area contributed by atoms with Gasteiger partial charge in [0.2, 0.25) is 0 Å². The third-order valence-electron chi connectivity index (χ3n) is 5.29. The van der Waals surface area contributed by atoms with Crippen molar-refractivity contribution in [3.8, 4) is 23.0 Å². The monoisotopic (exact) mass is 404 g/mol. The van der Waals surface area contributed by atoms with Crippen LogP contribution in [-0.4, -0.2) is 51.9 Å². The molecule has 0 bridgehead atoms. The summed E-state index contributed by atoms with van der Waals surface area (Å²) in [6, 6.07) is 11.6. The van der Waals surface area contributed by atoms with Gasteiger partial charge in [-0.05, 0) is 66.5 Å². The van der Waals surface area contributed by atoms with Crippen LogP contribution in [0.3, 0.4) is 0 Å². The molecule has 2 rings (SSSR count). The molecule has 0 aliphatic carbocycles. The summed E-state index contributed by atoms with van der Waals surface area (Å²) in [7, 11) is 6.43. The molecule has 0 heterocycles. The van der Waals surface area contributed by atoms with Crippen molar-refractivity contribution in [1.82, 2.24) is 0 Å². The summed E-state index contributed by atoms with van der Waals surface area (Å²) >= 11 is 0. The molecule has 0 aliphatic heterocycles. The van der Waals surface area contributed by atoms with E-state index in [1.165, 1.54) is 0 Å². The Labute approximate surface area is 173 Å². The quantitative estimate of drug-likeness (QED) is 0.566. The summed E-state index contributed by atoms with van der Waals surface area (Å²) in [5.74, 6) is 2.80.